The lowest BCUT2D eigenvalue weighted by Gasteiger charge is -2.39. The van der Waals surface area contributed by atoms with Gasteiger partial charge in [0, 0.05) is 24.3 Å². The molecule has 37 heavy (non-hydrogen) atoms. The maximum Gasteiger partial charge on any atom is 0.188 e. The molecule has 1 heterocycles. The van der Waals surface area contributed by atoms with Crippen LogP contribution in [0.2, 0.25) is 0 Å². The third kappa shape index (κ3) is 6.85. The number of ether oxygens (including phenoxy) is 1. The van der Waals surface area contributed by atoms with Gasteiger partial charge in [-0.1, -0.05) is 51.8 Å². The van der Waals surface area contributed by atoms with Crippen LogP contribution >= 0.6 is 0 Å². The second kappa shape index (κ2) is 11.9. The van der Waals surface area contributed by atoms with Crippen LogP contribution in [0.1, 0.15) is 73.6 Å². The van der Waals surface area contributed by atoms with E-state index in [0.29, 0.717) is 35.2 Å². The largest absolute Gasteiger partial charge is 0.468 e. The Balaban J connectivity index is 1.76. The number of carbonyl (C=O) groups excluding carboxylic acids is 3. The van der Waals surface area contributed by atoms with Crippen molar-refractivity contribution < 1.29 is 29.3 Å². The summed E-state index contributed by atoms with van der Waals surface area (Å²) < 4.78 is 5.88. The third-order valence-corrected chi connectivity index (χ3v) is 8.05. The molecule has 6 heteroatoms. The normalized spacial score (nSPS) is 32.2. The fraction of sp³-hybridized carbons (Fsp3) is 0.581. The minimum atomic E-state index is -1.75. The lowest BCUT2D eigenvalue weighted by atomic mass is 9.69. The summed E-state index contributed by atoms with van der Waals surface area (Å²) in [5.74, 6) is -0.656. The van der Waals surface area contributed by atoms with Gasteiger partial charge in [-0.05, 0) is 68.2 Å². The van der Waals surface area contributed by atoms with Crippen molar-refractivity contribution in [3.63, 3.8) is 0 Å². The van der Waals surface area contributed by atoms with Gasteiger partial charge in [-0.3, -0.25) is 14.4 Å². The van der Waals surface area contributed by atoms with E-state index in [2.05, 4.69) is 26.8 Å². The van der Waals surface area contributed by atoms with Gasteiger partial charge in [0.2, 0.25) is 0 Å². The summed E-state index contributed by atoms with van der Waals surface area (Å²) in [5.41, 5.74) is 0.378. The maximum atomic E-state index is 12.9. The molecule has 0 aromatic rings. The molecule has 2 aliphatic carbocycles. The van der Waals surface area contributed by atoms with E-state index < -0.39 is 29.3 Å². The zero-order chi connectivity index (χ0) is 27.5. The summed E-state index contributed by atoms with van der Waals surface area (Å²) in [4.78, 5) is 38.4. The molecule has 3 unspecified atom stereocenters. The molecule has 3 rings (SSSR count). The number of ketones is 3. The maximum absolute atomic E-state index is 12.9. The SMILES string of the molecule is CCC(C)CC(C)/C=C(C)/C=C/C(=O)C[C@H]1C2=COC(C3C(=O)C[C@H](O)C[C@@H]3C)=CC2=CC(=O)[C@]1(C)O. The van der Waals surface area contributed by atoms with E-state index in [-0.39, 0.29) is 30.3 Å². The number of Topliss-reactive ketones (excluding diaryl/α,β-unsaturated/α-hetero) is 1. The summed E-state index contributed by atoms with van der Waals surface area (Å²) in [5, 5.41) is 21.0. The summed E-state index contributed by atoms with van der Waals surface area (Å²) in [7, 11) is 0. The summed E-state index contributed by atoms with van der Waals surface area (Å²) in [6.07, 6.45) is 12.1. The second-order valence-electron chi connectivity index (χ2n) is 11.6. The number of fused-ring (bicyclic) bond motifs is 1. The number of rotatable bonds is 9. The fourth-order valence-electron chi connectivity index (χ4n) is 5.74. The molecule has 0 radical (unpaired) electrons. The van der Waals surface area contributed by atoms with Crippen molar-refractivity contribution in [1.29, 1.82) is 0 Å². The quantitative estimate of drug-likeness (QED) is 0.328. The monoisotopic (exact) mass is 510 g/mol. The van der Waals surface area contributed by atoms with Crippen molar-refractivity contribution in [2.45, 2.75) is 85.4 Å². The Kier molecular flexibility index (Phi) is 9.30. The van der Waals surface area contributed by atoms with Crippen molar-refractivity contribution in [2.75, 3.05) is 0 Å². The van der Waals surface area contributed by atoms with Crippen LogP contribution in [-0.2, 0) is 19.1 Å². The molecular weight excluding hydrogens is 468 g/mol. The smallest absolute Gasteiger partial charge is 0.188 e. The Morgan fingerprint density at radius 2 is 1.95 bits per heavy atom. The van der Waals surface area contributed by atoms with Crippen molar-refractivity contribution in [1.82, 2.24) is 0 Å². The molecule has 0 spiro atoms. The van der Waals surface area contributed by atoms with Gasteiger partial charge in [0.1, 0.15) is 17.1 Å². The van der Waals surface area contributed by atoms with E-state index in [1.54, 1.807) is 12.2 Å². The number of hydrogen-bond acceptors (Lipinski definition) is 6. The van der Waals surface area contributed by atoms with E-state index in [1.165, 1.54) is 25.3 Å². The van der Waals surface area contributed by atoms with E-state index in [0.717, 1.165) is 18.4 Å². The zero-order valence-electron chi connectivity index (χ0n) is 23.0. The van der Waals surface area contributed by atoms with Gasteiger partial charge in [0.15, 0.2) is 11.6 Å². The number of hydrogen-bond donors (Lipinski definition) is 2. The van der Waals surface area contributed by atoms with Gasteiger partial charge in [0.05, 0.1) is 18.3 Å². The first-order chi connectivity index (χ1) is 17.3. The van der Waals surface area contributed by atoms with Crippen molar-refractivity contribution >= 4 is 17.3 Å². The van der Waals surface area contributed by atoms with Gasteiger partial charge in [-0.25, -0.2) is 0 Å². The molecule has 0 aromatic carbocycles. The predicted molar refractivity (Wildman–Crippen MR) is 143 cm³/mol. The van der Waals surface area contributed by atoms with Crippen LogP contribution in [0.3, 0.4) is 0 Å². The highest BCUT2D eigenvalue weighted by molar-refractivity contribution is 6.02. The Labute approximate surface area is 220 Å². The molecule has 0 aromatic heterocycles. The Morgan fingerprint density at radius 1 is 1.24 bits per heavy atom. The summed E-state index contributed by atoms with van der Waals surface area (Å²) >= 11 is 0. The highest BCUT2D eigenvalue weighted by Crippen LogP contribution is 2.43. The highest BCUT2D eigenvalue weighted by atomic mass is 16.5. The van der Waals surface area contributed by atoms with Crippen LogP contribution in [0.15, 0.2) is 59.1 Å². The standard InChI is InChI=1S/C31H42O6/c1-7-18(2)10-20(4)11-19(3)8-9-23(32)15-26-25-17-37-28(13-22(25)14-29(35)31(26,6)36)30-21(5)12-24(33)16-27(30)34/h8-9,11,13-14,17-18,20-21,24,26,30,33,36H,7,10,12,15-16H2,1-6H3/b9-8+,19-11+/t18?,20?,21-,24+,26-,30?,31+/m0/s1. The van der Waals surface area contributed by atoms with E-state index in [1.807, 2.05) is 13.8 Å². The zero-order valence-corrected chi connectivity index (χ0v) is 23.0. The lowest BCUT2D eigenvalue weighted by molar-refractivity contribution is -0.136. The second-order valence-corrected chi connectivity index (χ2v) is 11.6. The van der Waals surface area contributed by atoms with Crippen LogP contribution in [0.5, 0.6) is 0 Å². The van der Waals surface area contributed by atoms with E-state index in [9.17, 15) is 24.6 Å². The average Bonchev–Trinajstić information content (AvgIpc) is 2.80. The average molecular weight is 511 g/mol. The topological polar surface area (TPSA) is 101 Å². The molecule has 0 bridgehead atoms. The van der Waals surface area contributed by atoms with Gasteiger partial charge in [0.25, 0.3) is 0 Å². The highest BCUT2D eigenvalue weighted by Gasteiger charge is 2.47. The Morgan fingerprint density at radius 3 is 2.59 bits per heavy atom. The van der Waals surface area contributed by atoms with Crippen LogP contribution in [0, 0.1) is 29.6 Å². The minimum absolute atomic E-state index is 0.0500. The van der Waals surface area contributed by atoms with Gasteiger partial charge >= 0.3 is 0 Å². The predicted octanol–water partition coefficient (Wildman–Crippen LogP) is 5.17. The lowest BCUT2D eigenvalue weighted by Crippen LogP contribution is -2.47. The third-order valence-electron chi connectivity index (χ3n) is 8.05. The van der Waals surface area contributed by atoms with Crippen molar-refractivity contribution in [3.05, 3.63) is 59.1 Å². The van der Waals surface area contributed by atoms with E-state index >= 15 is 0 Å². The molecule has 7 atom stereocenters. The molecule has 6 nitrogen and oxygen atoms in total. The van der Waals surface area contributed by atoms with Crippen LogP contribution in [0.4, 0.5) is 0 Å². The molecule has 202 valence electrons. The molecule has 1 aliphatic heterocycles. The van der Waals surface area contributed by atoms with Crippen molar-refractivity contribution in [2.24, 2.45) is 29.6 Å². The Hall–Kier alpha value is -2.57. The molecule has 2 N–H and O–H groups in total. The Bertz CT molecular complexity index is 1070. The fourth-order valence-corrected chi connectivity index (χ4v) is 5.74. The number of aliphatic hydroxyl groups is 2. The molecule has 3 aliphatic rings. The van der Waals surface area contributed by atoms with Gasteiger partial charge in [-0.15, -0.1) is 0 Å². The number of allylic oxidation sites excluding steroid dienone is 7. The molecule has 1 fully saturated rings. The first-order valence-electron chi connectivity index (χ1n) is 13.5. The molecular formula is C31H42O6. The van der Waals surface area contributed by atoms with E-state index in [4.69, 9.17) is 4.74 Å². The van der Waals surface area contributed by atoms with Crippen LogP contribution in [0.25, 0.3) is 0 Å². The first-order valence-corrected chi connectivity index (χ1v) is 13.5. The van der Waals surface area contributed by atoms with Crippen LogP contribution in [-0.4, -0.2) is 39.3 Å². The van der Waals surface area contributed by atoms with Gasteiger partial charge < -0.3 is 14.9 Å². The van der Waals surface area contributed by atoms with Crippen LogP contribution < -0.4 is 0 Å². The summed E-state index contributed by atoms with van der Waals surface area (Å²) in [6, 6.07) is 0. The number of aliphatic hydroxyl groups excluding tert-OH is 1. The molecule has 0 amide bonds. The molecule has 0 saturated heterocycles. The molecule has 1 saturated carbocycles. The number of carbonyl (C=O) groups is 3. The minimum Gasteiger partial charge on any atom is -0.468 e. The van der Waals surface area contributed by atoms with Gasteiger partial charge in [-0.2, -0.15) is 0 Å². The first kappa shape index (κ1) is 29.0. The summed E-state index contributed by atoms with van der Waals surface area (Å²) in [6.45, 7) is 11.9. The van der Waals surface area contributed by atoms with Crippen molar-refractivity contribution in [3.8, 4) is 0 Å².